The molecule has 23 heavy (non-hydrogen) atoms. The van der Waals surface area contributed by atoms with Gasteiger partial charge in [0.1, 0.15) is 5.82 Å². The molecule has 0 spiro atoms. The summed E-state index contributed by atoms with van der Waals surface area (Å²) in [4.78, 5) is 3.90. The van der Waals surface area contributed by atoms with Crippen molar-refractivity contribution >= 4 is 11.3 Å². The van der Waals surface area contributed by atoms with Gasteiger partial charge in [-0.25, -0.2) is 4.39 Å². The fraction of sp³-hybridized carbons (Fsp3) is 0.500. The molecule has 1 aromatic heterocycles. The van der Waals surface area contributed by atoms with Gasteiger partial charge in [0, 0.05) is 11.4 Å². The van der Waals surface area contributed by atoms with E-state index < -0.39 is 0 Å². The van der Waals surface area contributed by atoms with Crippen LogP contribution in [0.5, 0.6) is 0 Å². The lowest BCUT2D eigenvalue weighted by molar-refractivity contribution is 0.0439. The molecule has 122 valence electrons. The largest absolute Gasteiger partial charge is 0.303 e. The molecule has 0 N–H and O–H groups in total. The summed E-state index contributed by atoms with van der Waals surface area (Å²) in [5.41, 5.74) is 2.57. The van der Waals surface area contributed by atoms with Crippen molar-refractivity contribution in [1.29, 1.82) is 0 Å². The fourth-order valence-electron chi connectivity index (χ4n) is 4.32. The van der Waals surface area contributed by atoms with Gasteiger partial charge in [-0.3, -0.25) is 0 Å². The van der Waals surface area contributed by atoms with Crippen LogP contribution >= 0.6 is 11.3 Å². The molecule has 0 saturated carbocycles. The second-order valence-electron chi connectivity index (χ2n) is 7.29. The second kappa shape index (κ2) is 6.37. The summed E-state index contributed by atoms with van der Waals surface area (Å²) in [6.07, 6.45) is 4.12. The van der Waals surface area contributed by atoms with Crippen LogP contribution < -0.4 is 0 Å². The van der Waals surface area contributed by atoms with Gasteiger partial charge in [0.25, 0.3) is 0 Å². The predicted octanol–water partition coefficient (Wildman–Crippen LogP) is 5.39. The maximum Gasteiger partial charge on any atom is 0.123 e. The van der Waals surface area contributed by atoms with Crippen LogP contribution in [0.1, 0.15) is 37.7 Å². The van der Waals surface area contributed by atoms with Crippen LogP contribution in [-0.2, 0) is 0 Å². The Balaban J connectivity index is 1.45. The Hall–Kier alpha value is -1.19. The van der Waals surface area contributed by atoms with E-state index in [4.69, 9.17) is 0 Å². The third-order valence-corrected chi connectivity index (χ3v) is 6.76. The smallest absolute Gasteiger partial charge is 0.123 e. The first kappa shape index (κ1) is 15.3. The molecule has 1 nitrogen and oxygen atoms in total. The summed E-state index contributed by atoms with van der Waals surface area (Å²) in [6, 6.07) is 9.16. The first-order chi connectivity index (χ1) is 11.2. The maximum atomic E-state index is 13.1. The van der Waals surface area contributed by atoms with E-state index in [1.165, 1.54) is 49.3 Å². The molecular weight excluding hydrogens is 305 g/mol. The summed E-state index contributed by atoms with van der Waals surface area (Å²) >= 11 is 1.78. The topological polar surface area (TPSA) is 3.24 Å². The lowest BCUT2D eigenvalue weighted by atomic mass is 9.74. The molecule has 4 heterocycles. The highest BCUT2D eigenvalue weighted by Gasteiger charge is 2.34. The number of halogens is 1. The molecule has 3 saturated heterocycles. The summed E-state index contributed by atoms with van der Waals surface area (Å²) in [7, 11) is 0. The number of nitrogens with zero attached hydrogens (tertiary/aromatic N) is 1. The van der Waals surface area contributed by atoms with Crippen molar-refractivity contribution in [3.8, 4) is 10.4 Å². The minimum atomic E-state index is -0.166. The van der Waals surface area contributed by atoms with E-state index in [0.29, 0.717) is 5.92 Å². The van der Waals surface area contributed by atoms with Gasteiger partial charge in [0.15, 0.2) is 0 Å². The molecule has 2 unspecified atom stereocenters. The predicted molar refractivity (Wildman–Crippen MR) is 95.4 cm³/mol. The van der Waals surface area contributed by atoms with E-state index >= 15 is 0 Å². The van der Waals surface area contributed by atoms with Gasteiger partial charge in [-0.2, -0.15) is 0 Å². The quantitative estimate of drug-likeness (QED) is 0.727. The molecule has 1 aromatic carbocycles. The average molecular weight is 329 g/mol. The van der Waals surface area contributed by atoms with Crippen molar-refractivity contribution in [3.05, 3.63) is 47.1 Å². The van der Waals surface area contributed by atoms with E-state index in [1.54, 1.807) is 23.5 Å². The van der Waals surface area contributed by atoms with Crippen molar-refractivity contribution in [2.75, 3.05) is 19.6 Å². The highest BCUT2D eigenvalue weighted by molar-refractivity contribution is 7.13. The van der Waals surface area contributed by atoms with Gasteiger partial charge >= 0.3 is 0 Å². The van der Waals surface area contributed by atoms with E-state index in [1.807, 2.05) is 12.1 Å². The first-order valence-electron chi connectivity index (χ1n) is 8.76. The monoisotopic (exact) mass is 329 g/mol. The van der Waals surface area contributed by atoms with Crippen molar-refractivity contribution in [2.45, 2.75) is 32.1 Å². The van der Waals surface area contributed by atoms with Crippen molar-refractivity contribution < 1.29 is 4.39 Å². The van der Waals surface area contributed by atoms with Gasteiger partial charge in [-0.05, 0) is 84.8 Å². The van der Waals surface area contributed by atoms with E-state index in [9.17, 15) is 4.39 Å². The molecule has 0 amide bonds. The highest BCUT2D eigenvalue weighted by atomic mass is 32.1. The van der Waals surface area contributed by atoms with Crippen LogP contribution in [0.4, 0.5) is 4.39 Å². The van der Waals surface area contributed by atoms with Crippen LogP contribution in [0, 0.1) is 17.7 Å². The Morgan fingerprint density at radius 2 is 1.96 bits per heavy atom. The highest BCUT2D eigenvalue weighted by Crippen LogP contribution is 2.39. The molecule has 2 aromatic rings. The lowest BCUT2D eigenvalue weighted by Crippen LogP contribution is -2.47. The zero-order chi connectivity index (χ0) is 15.8. The van der Waals surface area contributed by atoms with Crippen molar-refractivity contribution in [1.82, 2.24) is 4.90 Å². The van der Waals surface area contributed by atoms with Gasteiger partial charge in [-0.1, -0.05) is 19.1 Å². The van der Waals surface area contributed by atoms with Crippen LogP contribution in [0.2, 0.25) is 0 Å². The second-order valence-corrected chi connectivity index (χ2v) is 8.20. The van der Waals surface area contributed by atoms with Crippen LogP contribution in [0.25, 0.3) is 10.4 Å². The molecular formula is C20H24FNS. The van der Waals surface area contributed by atoms with Crippen LogP contribution in [-0.4, -0.2) is 24.5 Å². The SMILES string of the molecule is CC(CC1CN2CCC1CC2)c1csc(-c2ccc(F)cc2)c1. The third-order valence-electron chi connectivity index (χ3n) is 5.77. The Morgan fingerprint density at radius 3 is 2.61 bits per heavy atom. The third kappa shape index (κ3) is 3.22. The molecule has 3 heteroatoms. The Morgan fingerprint density at radius 1 is 1.22 bits per heavy atom. The molecule has 3 aliphatic heterocycles. The number of hydrogen-bond acceptors (Lipinski definition) is 2. The Labute approximate surface area is 142 Å². The van der Waals surface area contributed by atoms with Crippen LogP contribution in [0.15, 0.2) is 35.7 Å². The standard InChI is InChI=1S/C20H24FNS/c1-14(10-17-12-22-8-6-15(17)7-9-22)18-11-20(23-13-18)16-2-4-19(21)5-3-16/h2-5,11,13-15,17H,6-10,12H2,1H3. The number of piperidine rings is 3. The summed E-state index contributed by atoms with van der Waals surface area (Å²) in [6.45, 7) is 6.32. The number of thiophene rings is 1. The number of benzene rings is 1. The Bertz CT molecular complexity index is 655. The molecule has 5 rings (SSSR count). The lowest BCUT2D eigenvalue weighted by Gasteiger charge is -2.45. The fourth-order valence-corrected chi connectivity index (χ4v) is 5.36. The van der Waals surface area contributed by atoms with Gasteiger partial charge < -0.3 is 4.90 Å². The summed E-state index contributed by atoms with van der Waals surface area (Å²) in [5.74, 6) is 2.28. The van der Waals surface area contributed by atoms with E-state index in [2.05, 4.69) is 23.3 Å². The molecule has 0 aliphatic carbocycles. The maximum absolute atomic E-state index is 13.1. The van der Waals surface area contributed by atoms with Gasteiger partial charge in [-0.15, -0.1) is 11.3 Å². The summed E-state index contributed by atoms with van der Waals surface area (Å²) < 4.78 is 13.1. The van der Waals surface area contributed by atoms with Crippen molar-refractivity contribution in [2.24, 2.45) is 11.8 Å². The Kier molecular flexibility index (Phi) is 4.25. The number of hydrogen-bond donors (Lipinski definition) is 0. The minimum absolute atomic E-state index is 0.166. The molecule has 3 fully saturated rings. The van der Waals surface area contributed by atoms with E-state index in [0.717, 1.165) is 17.4 Å². The molecule has 0 radical (unpaired) electrons. The van der Waals surface area contributed by atoms with E-state index in [-0.39, 0.29) is 5.82 Å². The van der Waals surface area contributed by atoms with Crippen molar-refractivity contribution in [3.63, 3.8) is 0 Å². The number of rotatable bonds is 4. The average Bonchev–Trinajstić information content (AvgIpc) is 3.07. The molecule has 2 bridgehead atoms. The number of fused-ring (bicyclic) bond motifs is 3. The normalized spacial score (nSPS) is 28.0. The first-order valence-corrected chi connectivity index (χ1v) is 9.64. The zero-order valence-corrected chi connectivity index (χ0v) is 14.5. The van der Waals surface area contributed by atoms with Crippen LogP contribution in [0.3, 0.4) is 0 Å². The molecule has 3 aliphatic rings. The molecule has 2 atom stereocenters. The van der Waals surface area contributed by atoms with Gasteiger partial charge in [0.05, 0.1) is 0 Å². The zero-order valence-electron chi connectivity index (χ0n) is 13.7. The minimum Gasteiger partial charge on any atom is -0.303 e. The summed E-state index contributed by atoms with van der Waals surface area (Å²) in [5, 5.41) is 2.30. The van der Waals surface area contributed by atoms with Gasteiger partial charge in [0.2, 0.25) is 0 Å².